The molecule has 122 valence electrons. The van der Waals surface area contributed by atoms with Crippen LogP contribution in [-0.4, -0.2) is 23.0 Å². The Balaban J connectivity index is 1.67. The van der Waals surface area contributed by atoms with Crippen LogP contribution < -0.4 is 10.1 Å². The Hall–Kier alpha value is -2.82. The van der Waals surface area contributed by atoms with Crippen molar-refractivity contribution in [1.29, 1.82) is 0 Å². The van der Waals surface area contributed by atoms with Crippen LogP contribution in [0.2, 0.25) is 0 Å². The molecule has 1 amide bonds. The van der Waals surface area contributed by atoms with E-state index in [1.165, 1.54) is 10.9 Å². The molecule has 4 rings (SSSR count). The quantitative estimate of drug-likeness (QED) is 0.777. The van der Waals surface area contributed by atoms with Crippen LogP contribution in [0.5, 0.6) is 5.75 Å². The van der Waals surface area contributed by atoms with Gasteiger partial charge in [-0.1, -0.05) is 6.07 Å². The van der Waals surface area contributed by atoms with Crippen LogP contribution in [0.4, 0.5) is 0 Å². The van der Waals surface area contributed by atoms with Gasteiger partial charge in [-0.2, -0.15) is 0 Å². The van der Waals surface area contributed by atoms with Gasteiger partial charge in [-0.3, -0.25) is 9.78 Å². The van der Waals surface area contributed by atoms with Crippen molar-refractivity contribution in [2.24, 2.45) is 0 Å². The molecule has 1 aromatic carbocycles. The Kier molecular flexibility index (Phi) is 3.69. The summed E-state index contributed by atoms with van der Waals surface area (Å²) in [5.74, 6) is 0.716. The number of ether oxygens (including phenoxy) is 1. The molecule has 1 aliphatic carbocycles. The van der Waals surface area contributed by atoms with Gasteiger partial charge in [0.1, 0.15) is 11.4 Å². The molecule has 0 saturated heterocycles. The van der Waals surface area contributed by atoms with Gasteiger partial charge in [0.15, 0.2) is 0 Å². The molecule has 5 heteroatoms. The van der Waals surface area contributed by atoms with E-state index in [1.807, 2.05) is 18.2 Å². The van der Waals surface area contributed by atoms with E-state index in [1.54, 1.807) is 25.4 Å². The van der Waals surface area contributed by atoms with Gasteiger partial charge >= 0.3 is 0 Å². The molecule has 3 aromatic rings. The fraction of sp³-hybridized carbons (Fsp3) is 0.263. The molecule has 1 aliphatic rings. The van der Waals surface area contributed by atoms with E-state index < -0.39 is 0 Å². The van der Waals surface area contributed by atoms with Crippen molar-refractivity contribution in [3.05, 3.63) is 59.5 Å². The monoisotopic (exact) mass is 321 g/mol. The molecule has 2 N–H and O–H groups in total. The van der Waals surface area contributed by atoms with Crippen molar-refractivity contribution in [2.75, 3.05) is 7.11 Å². The van der Waals surface area contributed by atoms with Gasteiger partial charge in [0.05, 0.1) is 13.2 Å². The first-order chi connectivity index (χ1) is 11.8. The van der Waals surface area contributed by atoms with Crippen molar-refractivity contribution in [3.63, 3.8) is 0 Å². The third-order valence-corrected chi connectivity index (χ3v) is 4.62. The number of aromatic nitrogens is 2. The highest BCUT2D eigenvalue weighted by atomic mass is 16.5. The highest BCUT2D eigenvalue weighted by Crippen LogP contribution is 2.36. The molecule has 1 atom stereocenters. The average molecular weight is 321 g/mol. The second kappa shape index (κ2) is 6.00. The van der Waals surface area contributed by atoms with E-state index in [2.05, 4.69) is 21.4 Å². The predicted octanol–water partition coefficient (Wildman–Crippen LogP) is 3.38. The number of hydrogen-bond donors (Lipinski definition) is 2. The van der Waals surface area contributed by atoms with Crippen molar-refractivity contribution < 1.29 is 9.53 Å². The smallest absolute Gasteiger partial charge is 0.270 e. The standard InChI is InChI=1S/C19H19N3O2/c1-24-12-8-9-15-14(11-12)13-5-4-7-16(18(13)21-15)22-19(23)17-6-2-3-10-20-17/h2-3,6,8-11,16,21H,4-5,7H2,1H3,(H,22,23)/t16-/m1/s1. The molecule has 0 radical (unpaired) electrons. The van der Waals surface area contributed by atoms with Gasteiger partial charge in [0.2, 0.25) is 0 Å². The Bertz CT molecular complexity index is 886. The number of benzene rings is 1. The Morgan fingerprint density at radius 1 is 1.33 bits per heavy atom. The summed E-state index contributed by atoms with van der Waals surface area (Å²) >= 11 is 0. The lowest BCUT2D eigenvalue weighted by Gasteiger charge is -2.23. The van der Waals surface area contributed by atoms with Crippen LogP contribution in [-0.2, 0) is 6.42 Å². The highest BCUT2D eigenvalue weighted by Gasteiger charge is 2.26. The molecule has 0 fully saturated rings. The normalized spacial score (nSPS) is 16.6. The number of carbonyl (C=O) groups is 1. The topological polar surface area (TPSA) is 67.0 Å². The van der Waals surface area contributed by atoms with Crippen LogP contribution in [0.25, 0.3) is 10.9 Å². The SMILES string of the molecule is COc1ccc2[nH]c3c(c2c1)CCC[C@H]3NC(=O)c1ccccn1. The van der Waals surface area contributed by atoms with Crippen LogP contribution in [0.15, 0.2) is 42.6 Å². The maximum atomic E-state index is 12.4. The molecular formula is C19H19N3O2. The van der Waals surface area contributed by atoms with Crippen LogP contribution >= 0.6 is 0 Å². The van der Waals surface area contributed by atoms with E-state index in [0.29, 0.717) is 5.69 Å². The number of H-pyrrole nitrogens is 1. The Morgan fingerprint density at radius 2 is 2.25 bits per heavy atom. The summed E-state index contributed by atoms with van der Waals surface area (Å²) in [5, 5.41) is 4.30. The highest BCUT2D eigenvalue weighted by molar-refractivity contribution is 5.93. The Labute approximate surface area is 140 Å². The molecule has 0 aliphatic heterocycles. The lowest BCUT2D eigenvalue weighted by Crippen LogP contribution is -2.31. The van der Waals surface area contributed by atoms with Crippen molar-refractivity contribution in [3.8, 4) is 5.75 Å². The zero-order chi connectivity index (χ0) is 16.5. The Morgan fingerprint density at radius 3 is 3.04 bits per heavy atom. The number of amides is 1. The van der Waals surface area contributed by atoms with E-state index in [0.717, 1.165) is 36.2 Å². The minimum absolute atomic E-state index is 0.0124. The lowest BCUT2D eigenvalue weighted by molar-refractivity contribution is 0.0927. The van der Waals surface area contributed by atoms with E-state index in [9.17, 15) is 4.79 Å². The summed E-state index contributed by atoms with van der Waals surface area (Å²) in [4.78, 5) is 20.0. The second-order valence-corrected chi connectivity index (χ2v) is 6.06. The maximum absolute atomic E-state index is 12.4. The summed E-state index contributed by atoms with van der Waals surface area (Å²) in [6.45, 7) is 0. The number of fused-ring (bicyclic) bond motifs is 3. The number of nitrogens with one attached hydrogen (secondary N) is 2. The van der Waals surface area contributed by atoms with Gasteiger partial charge in [-0.05, 0) is 55.2 Å². The van der Waals surface area contributed by atoms with Gasteiger partial charge in [-0.15, -0.1) is 0 Å². The molecule has 0 saturated carbocycles. The zero-order valence-electron chi connectivity index (χ0n) is 13.5. The van der Waals surface area contributed by atoms with Crippen LogP contribution in [0, 0.1) is 0 Å². The number of carbonyl (C=O) groups excluding carboxylic acids is 1. The first kappa shape index (κ1) is 14.8. The molecule has 5 nitrogen and oxygen atoms in total. The minimum Gasteiger partial charge on any atom is -0.497 e. The van der Waals surface area contributed by atoms with Gasteiger partial charge in [-0.25, -0.2) is 0 Å². The van der Waals surface area contributed by atoms with E-state index in [4.69, 9.17) is 4.74 Å². The maximum Gasteiger partial charge on any atom is 0.270 e. The molecule has 0 spiro atoms. The summed E-state index contributed by atoms with van der Waals surface area (Å²) in [7, 11) is 1.68. The average Bonchev–Trinajstić information content (AvgIpc) is 3.01. The third kappa shape index (κ3) is 2.52. The third-order valence-electron chi connectivity index (χ3n) is 4.62. The predicted molar refractivity (Wildman–Crippen MR) is 92.2 cm³/mol. The van der Waals surface area contributed by atoms with Gasteiger partial charge in [0.25, 0.3) is 5.91 Å². The van der Waals surface area contributed by atoms with Crippen molar-refractivity contribution >= 4 is 16.8 Å². The number of aromatic amines is 1. The first-order valence-corrected chi connectivity index (χ1v) is 8.16. The number of hydrogen-bond acceptors (Lipinski definition) is 3. The van der Waals surface area contributed by atoms with Gasteiger partial charge < -0.3 is 15.0 Å². The number of methoxy groups -OCH3 is 1. The van der Waals surface area contributed by atoms with Gasteiger partial charge in [0, 0.05) is 22.8 Å². The number of nitrogens with zero attached hydrogens (tertiary/aromatic N) is 1. The number of aryl methyl sites for hydroxylation is 1. The largest absolute Gasteiger partial charge is 0.497 e. The second-order valence-electron chi connectivity index (χ2n) is 6.06. The zero-order valence-corrected chi connectivity index (χ0v) is 13.5. The van der Waals surface area contributed by atoms with Crippen LogP contribution in [0.1, 0.15) is 40.6 Å². The lowest BCUT2D eigenvalue weighted by atomic mass is 9.91. The molecule has 2 heterocycles. The summed E-state index contributed by atoms with van der Waals surface area (Å²) in [5.41, 5.74) is 3.91. The summed E-state index contributed by atoms with van der Waals surface area (Å²) in [6.07, 6.45) is 4.62. The number of pyridine rings is 1. The fourth-order valence-electron chi connectivity index (χ4n) is 3.44. The van der Waals surface area contributed by atoms with Crippen molar-refractivity contribution in [2.45, 2.75) is 25.3 Å². The molecule has 0 bridgehead atoms. The van der Waals surface area contributed by atoms with E-state index in [-0.39, 0.29) is 11.9 Å². The van der Waals surface area contributed by atoms with Crippen molar-refractivity contribution in [1.82, 2.24) is 15.3 Å². The molecule has 24 heavy (non-hydrogen) atoms. The van der Waals surface area contributed by atoms with E-state index >= 15 is 0 Å². The molecule has 2 aromatic heterocycles. The van der Waals surface area contributed by atoms with Crippen LogP contribution in [0.3, 0.4) is 0 Å². The summed E-state index contributed by atoms with van der Waals surface area (Å²) < 4.78 is 5.34. The fourth-order valence-corrected chi connectivity index (χ4v) is 3.44. The molecule has 0 unspecified atom stereocenters. The molecular weight excluding hydrogens is 302 g/mol. The minimum atomic E-state index is -0.135. The first-order valence-electron chi connectivity index (χ1n) is 8.16. The summed E-state index contributed by atoms with van der Waals surface area (Å²) in [6, 6.07) is 11.4. The number of rotatable bonds is 3.